The molecular formula is C10H21AlN2O2. The minimum absolute atomic E-state index is 0.869. The monoisotopic (exact) mass is 228 g/mol. The molecule has 2 saturated heterocycles. The van der Waals surface area contributed by atoms with Crippen molar-refractivity contribution in [3.8, 4) is 0 Å². The van der Waals surface area contributed by atoms with Crippen LogP contribution in [0.1, 0.15) is 6.92 Å². The highest BCUT2D eigenvalue weighted by molar-refractivity contribution is 6.52. The SMILES string of the molecule is C[CH2][Al]([N]1CCOCC1)[N]1CCOCC1. The van der Waals surface area contributed by atoms with Crippen molar-refractivity contribution in [2.75, 3.05) is 52.6 Å². The van der Waals surface area contributed by atoms with E-state index in [0.29, 0.717) is 0 Å². The maximum atomic E-state index is 5.42. The van der Waals surface area contributed by atoms with E-state index in [9.17, 15) is 0 Å². The van der Waals surface area contributed by atoms with E-state index in [1.54, 1.807) is 0 Å². The van der Waals surface area contributed by atoms with Crippen LogP contribution in [0.15, 0.2) is 0 Å². The highest BCUT2D eigenvalue weighted by Gasteiger charge is 2.34. The molecule has 0 saturated carbocycles. The topological polar surface area (TPSA) is 24.9 Å². The summed E-state index contributed by atoms with van der Waals surface area (Å²) in [5.74, 6) is 0. The van der Waals surface area contributed by atoms with Crippen LogP contribution in [0.25, 0.3) is 0 Å². The van der Waals surface area contributed by atoms with Gasteiger partial charge in [0.25, 0.3) is 0 Å². The summed E-state index contributed by atoms with van der Waals surface area (Å²) in [7, 11) is 0. The standard InChI is InChI=1S/2C4H8NO.C2H5.Al/c2*1-3-6-4-2-5-1;1-2;/h2*1-4H2;1H2,2H3;/q2*-1;;+2. The Hall–Kier alpha value is 0.372. The first-order valence-corrected chi connectivity index (χ1v) is 7.90. The molecule has 0 aromatic heterocycles. The van der Waals surface area contributed by atoms with E-state index < -0.39 is 14.6 Å². The van der Waals surface area contributed by atoms with Crippen LogP contribution >= 0.6 is 0 Å². The second-order valence-electron chi connectivity index (χ2n) is 4.19. The Balaban J connectivity index is 1.88. The fraction of sp³-hybridized carbons (Fsp3) is 1.00. The molecule has 0 bridgehead atoms. The zero-order valence-electron chi connectivity index (χ0n) is 9.65. The van der Waals surface area contributed by atoms with E-state index in [-0.39, 0.29) is 0 Å². The Morgan fingerprint density at radius 2 is 1.27 bits per heavy atom. The Bertz CT molecular complexity index is 164. The lowest BCUT2D eigenvalue weighted by molar-refractivity contribution is 0.0488. The summed E-state index contributed by atoms with van der Waals surface area (Å²) in [5, 5.41) is 1.33. The maximum absolute atomic E-state index is 5.42. The first-order valence-electron chi connectivity index (χ1n) is 6.05. The molecule has 0 aromatic rings. The summed E-state index contributed by atoms with van der Waals surface area (Å²) in [6.07, 6.45) is 0. The fourth-order valence-corrected chi connectivity index (χ4v) is 5.61. The van der Waals surface area contributed by atoms with Gasteiger partial charge in [-0.05, 0) is 0 Å². The molecule has 0 unspecified atom stereocenters. The van der Waals surface area contributed by atoms with E-state index in [0.717, 1.165) is 52.6 Å². The third-order valence-corrected chi connectivity index (χ3v) is 6.75. The zero-order chi connectivity index (χ0) is 10.5. The van der Waals surface area contributed by atoms with Gasteiger partial charge in [-0.15, -0.1) is 0 Å². The fourth-order valence-electron chi connectivity index (χ4n) is 2.50. The number of rotatable bonds is 3. The smallest absolute Gasteiger partial charge is 0.379 e. The van der Waals surface area contributed by atoms with Gasteiger partial charge in [-0.3, -0.25) is 0 Å². The molecule has 5 heteroatoms. The summed E-state index contributed by atoms with van der Waals surface area (Å²) in [6, 6.07) is 0. The van der Waals surface area contributed by atoms with Crippen molar-refractivity contribution in [1.82, 2.24) is 7.77 Å². The largest absolute Gasteiger partial charge is 0.488 e. The summed E-state index contributed by atoms with van der Waals surface area (Å²) in [5.41, 5.74) is 0. The van der Waals surface area contributed by atoms with Crippen molar-refractivity contribution < 1.29 is 9.47 Å². The third-order valence-electron chi connectivity index (χ3n) is 3.30. The number of morpholine rings is 2. The van der Waals surface area contributed by atoms with E-state index in [1.165, 1.54) is 5.28 Å². The molecule has 2 aliphatic rings. The van der Waals surface area contributed by atoms with Crippen LogP contribution in [-0.2, 0) is 9.47 Å². The van der Waals surface area contributed by atoms with E-state index in [4.69, 9.17) is 9.47 Å². The van der Waals surface area contributed by atoms with Crippen LogP contribution in [0.5, 0.6) is 0 Å². The summed E-state index contributed by atoms with van der Waals surface area (Å²) in [6.45, 7) is 10.6. The minimum atomic E-state index is -0.869. The maximum Gasteiger partial charge on any atom is 0.488 e. The van der Waals surface area contributed by atoms with Gasteiger partial charge in [0.05, 0.1) is 26.4 Å². The first kappa shape index (κ1) is 11.8. The van der Waals surface area contributed by atoms with Crippen LogP contribution in [0.4, 0.5) is 0 Å². The lowest BCUT2D eigenvalue weighted by atomic mass is 10.5. The summed E-state index contributed by atoms with van der Waals surface area (Å²) in [4.78, 5) is 0. The number of ether oxygens (including phenoxy) is 2. The molecule has 0 N–H and O–H groups in total. The van der Waals surface area contributed by atoms with Crippen LogP contribution in [0, 0.1) is 0 Å². The van der Waals surface area contributed by atoms with Crippen molar-refractivity contribution in [3.05, 3.63) is 0 Å². The molecule has 0 aromatic carbocycles. The average molecular weight is 228 g/mol. The number of hydrogen-bond donors (Lipinski definition) is 0. The molecule has 0 aliphatic carbocycles. The summed E-state index contributed by atoms with van der Waals surface area (Å²) < 4.78 is 16.2. The van der Waals surface area contributed by atoms with Crippen LogP contribution in [0.3, 0.4) is 0 Å². The van der Waals surface area contributed by atoms with Gasteiger partial charge in [0.2, 0.25) is 0 Å². The second kappa shape index (κ2) is 6.19. The van der Waals surface area contributed by atoms with Crippen molar-refractivity contribution in [3.63, 3.8) is 0 Å². The normalized spacial score (nSPS) is 25.4. The summed E-state index contributed by atoms with van der Waals surface area (Å²) >= 11 is -0.869. The van der Waals surface area contributed by atoms with Crippen molar-refractivity contribution in [1.29, 1.82) is 0 Å². The van der Waals surface area contributed by atoms with Gasteiger partial charge in [0.1, 0.15) is 0 Å². The zero-order valence-corrected chi connectivity index (χ0v) is 10.8. The third kappa shape index (κ3) is 3.16. The van der Waals surface area contributed by atoms with Gasteiger partial charge in [0.15, 0.2) is 0 Å². The van der Waals surface area contributed by atoms with E-state index in [2.05, 4.69) is 14.7 Å². The lowest BCUT2D eigenvalue weighted by Gasteiger charge is -2.39. The molecule has 0 atom stereocenters. The Kier molecular flexibility index (Phi) is 4.89. The average Bonchev–Trinajstić information content (AvgIpc) is 2.33. The molecule has 2 heterocycles. The van der Waals surface area contributed by atoms with Crippen molar-refractivity contribution in [2.45, 2.75) is 12.2 Å². The molecule has 2 rings (SSSR count). The van der Waals surface area contributed by atoms with Crippen LogP contribution in [-0.4, -0.2) is 75.0 Å². The van der Waals surface area contributed by atoms with E-state index >= 15 is 0 Å². The first-order chi connectivity index (χ1) is 7.42. The predicted molar refractivity (Wildman–Crippen MR) is 61.0 cm³/mol. The number of hydrogen-bond acceptors (Lipinski definition) is 4. The molecule has 15 heavy (non-hydrogen) atoms. The molecule has 0 amide bonds. The highest BCUT2D eigenvalue weighted by atomic mass is 27.2. The van der Waals surface area contributed by atoms with Gasteiger partial charge in [-0.25, -0.2) is 0 Å². The molecule has 4 nitrogen and oxygen atoms in total. The number of nitrogens with zero attached hydrogens (tertiary/aromatic N) is 2. The highest BCUT2D eigenvalue weighted by Crippen LogP contribution is 2.11. The molecular weight excluding hydrogens is 207 g/mol. The predicted octanol–water partition coefficient (Wildman–Crippen LogP) is 0.159. The van der Waals surface area contributed by atoms with Crippen LogP contribution in [0.2, 0.25) is 5.28 Å². The van der Waals surface area contributed by atoms with E-state index in [1.807, 2.05) is 0 Å². The molecule has 2 aliphatic heterocycles. The van der Waals surface area contributed by atoms with Gasteiger partial charge in [-0.2, -0.15) is 0 Å². The molecule has 0 spiro atoms. The Labute approximate surface area is 96.9 Å². The Morgan fingerprint density at radius 1 is 0.867 bits per heavy atom. The van der Waals surface area contributed by atoms with Crippen molar-refractivity contribution >= 4 is 14.6 Å². The van der Waals surface area contributed by atoms with Gasteiger partial charge in [0, 0.05) is 26.2 Å². The molecule has 2 fully saturated rings. The molecule has 0 radical (unpaired) electrons. The minimum Gasteiger partial charge on any atom is -0.379 e. The van der Waals surface area contributed by atoms with Crippen LogP contribution < -0.4 is 0 Å². The second-order valence-corrected chi connectivity index (χ2v) is 7.42. The Morgan fingerprint density at radius 3 is 1.60 bits per heavy atom. The molecule has 86 valence electrons. The van der Waals surface area contributed by atoms with Gasteiger partial charge >= 0.3 is 14.6 Å². The van der Waals surface area contributed by atoms with Gasteiger partial charge < -0.3 is 17.2 Å². The van der Waals surface area contributed by atoms with Crippen molar-refractivity contribution in [2.24, 2.45) is 0 Å². The lowest BCUT2D eigenvalue weighted by Crippen LogP contribution is -2.58. The quantitative estimate of drug-likeness (QED) is 0.642. The van der Waals surface area contributed by atoms with Gasteiger partial charge in [-0.1, -0.05) is 12.2 Å².